The maximum Gasteiger partial charge on any atom is 0.148 e. The zero-order valence-electron chi connectivity index (χ0n) is 10.8. The van der Waals surface area contributed by atoms with Gasteiger partial charge in [0, 0.05) is 13.1 Å². The van der Waals surface area contributed by atoms with Crippen LogP contribution in [0.3, 0.4) is 0 Å². The lowest BCUT2D eigenvalue weighted by atomic mass is 10.1. The minimum Gasteiger partial charge on any atom is -0.394 e. The number of aromatic nitrogens is 2. The van der Waals surface area contributed by atoms with E-state index < -0.39 is 0 Å². The topological polar surface area (TPSA) is 55.9 Å². The molecule has 1 aliphatic rings. The predicted molar refractivity (Wildman–Crippen MR) is 67.5 cm³/mol. The maximum absolute atomic E-state index is 6.12. The molecule has 1 saturated carbocycles. The Balaban J connectivity index is 2.21. The molecule has 1 aromatic heterocycles. The standard InChI is InChI=1S/C12H22N4/c1-7(2)10-9(13)11(16(5)15-10)14-8-6-12(8,3)4/h7-8,14H,6,13H2,1-5H3. The number of hydrogen-bond acceptors (Lipinski definition) is 3. The largest absolute Gasteiger partial charge is 0.394 e. The molecule has 4 nitrogen and oxygen atoms in total. The normalized spacial score (nSPS) is 22.5. The molecule has 0 spiro atoms. The quantitative estimate of drug-likeness (QED) is 0.825. The summed E-state index contributed by atoms with van der Waals surface area (Å²) in [6, 6.07) is 0.533. The molecular weight excluding hydrogens is 200 g/mol. The van der Waals surface area contributed by atoms with E-state index in [1.54, 1.807) is 0 Å². The molecule has 0 amide bonds. The fraction of sp³-hybridized carbons (Fsp3) is 0.750. The van der Waals surface area contributed by atoms with Crippen LogP contribution in [-0.2, 0) is 7.05 Å². The van der Waals surface area contributed by atoms with E-state index in [0.29, 0.717) is 17.4 Å². The van der Waals surface area contributed by atoms with Gasteiger partial charge in [-0.3, -0.25) is 4.68 Å². The van der Waals surface area contributed by atoms with Gasteiger partial charge in [-0.25, -0.2) is 0 Å². The lowest BCUT2D eigenvalue weighted by Gasteiger charge is -2.09. The van der Waals surface area contributed by atoms with Gasteiger partial charge in [-0.2, -0.15) is 5.10 Å². The Morgan fingerprint density at radius 3 is 2.44 bits per heavy atom. The second-order valence-corrected chi connectivity index (χ2v) is 5.82. The smallest absolute Gasteiger partial charge is 0.148 e. The van der Waals surface area contributed by atoms with Crippen LogP contribution in [0.25, 0.3) is 0 Å². The summed E-state index contributed by atoms with van der Waals surface area (Å²) in [5.41, 5.74) is 8.32. The van der Waals surface area contributed by atoms with E-state index in [4.69, 9.17) is 5.73 Å². The van der Waals surface area contributed by atoms with Gasteiger partial charge < -0.3 is 11.1 Å². The monoisotopic (exact) mass is 222 g/mol. The van der Waals surface area contributed by atoms with Gasteiger partial charge in [-0.15, -0.1) is 0 Å². The van der Waals surface area contributed by atoms with Crippen LogP contribution in [-0.4, -0.2) is 15.8 Å². The molecule has 1 aliphatic carbocycles. The van der Waals surface area contributed by atoms with Crippen molar-refractivity contribution in [2.45, 2.75) is 46.1 Å². The molecular formula is C12H22N4. The highest BCUT2D eigenvalue weighted by Gasteiger charge is 2.46. The molecule has 0 bridgehead atoms. The lowest BCUT2D eigenvalue weighted by Crippen LogP contribution is -2.12. The van der Waals surface area contributed by atoms with E-state index >= 15 is 0 Å². The van der Waals surface area contributed by atoms with Crippen LogP contribution in [0.5, 0.6) is 0 Å². The summed E-state index contributed by atoms with van der Waals surface area (Å²) < 4.78 is 1.86. The van der Waals surface area contributed by atoms with Crippen LogP contribution in [0.2, 0.25) is 0 Å². The Hall–Kier alpha value is -1.19. The minimum absolute atomic E-state index is 0.369. The maximum atomic E-state index is 6.12. The summed E-state index contributed by atoms with van der Waals surface area (Å²) in [6.07, 6.45) is 1.20. The van der Waals surface area contributed by atoms with Gasteiger partial charge in [0.05, 0.1) is 11.4 Å². The number of anilines is 2. The molecule has 2 rings (SSSR count). The van der Waals surface area contributed by atoms with Crippen molar-refractivity contribution in [2.75, 3.05) is 11.1 Å². The van der Waals surface area contributed by atoms with Gasteiger partial charge in [0.25, 0.3) is 0 Å². The molecule has 90 valence electrons. The summed E-state index contributed by atoms with van der Waals surface area (Å²) in [5, 5.41) is 7.96. The first-order valence-corrected chi connectivity index (χ1v) is 5.92. The number of hydrogen-bond donors (Lipinski definition) is 2. The van der Waals surface area contributed by atoms with Crippen LogP contribution in [0.15, 0.2) is 0 Å². The van der Waals surface area contributed by atoms with Crippen molar-refractivity contribution < 1.29 is 0 Å². The average Bonchev–Trinajstić information content (AvgIpc) is 2.66. The number of nitrogens with one attached hydrogen (secondary N) is 1. The molecule has 0 saturated heterocycles. The fourth-order valence-corrected chi connectivity index (χ4v) is 2.04. The summed E-state index contributed by atoms with van der Waals surface area (Å²) in [6.45, 7) is 8.76. The zero-order chi connectivity index (χ0) is 12.1. The first-order valence-electron chi connectivity index (χ1n) is 5.92. The van der Waals surface area contributed by atoms with Crippen LogP contribution >= 0.6 is 0 Å². The Morgan fingerprint density at radius 1 is 1.50 bits per heavy atom. The van der Waals surface area contributed by atoms with Gasteiger partial charge in [0.1, 0.15) is 5.82 Å². The molecule has 0 radical (unpaired) electrons. The van der Waals surface area contributed by atoms with E-state index in [1.165, 1.54) is 6.42 Å². The SMILES string of the molecule is CC(C)c1nn(C)c(NC2CC2(C)C)c1N. The Labute approximate surface area is 97.2 Å². The van der Waals surface area contributed by atoms with Crippen LogP contribution in [0.1, 0.15) is 45.7 Å². The molecule has 1 heterocycles. The molecule has 3 N–H and O–H groups in total. The van der Waals surface area contributed by atoms with Crippen LogP contribution in [0, 0.1) is 5.41 Å². The Morgan fingerprint density at radius 2 is 2.06 bits per heavy atom. The van der Waals surface area contributed by atoms with E-state index in [1.807, 2.05) is 11.7 Å². The third-order valence-electron chi connectivity index (χ3n) is 3.48. The fourth-order valence-electron chi connectivity index (χ4n) is 2.04. The highest BCUT2D eigenvalue weighted by Crippen LogP contribution is 2.47. The summed E-state index contributed by atoms with van der Waals surface area (Å²) in [7, 11) is 1.94. The van der Waals surface area contributed by atoms with E-state index in [0.717, 1.165) is 17.2 Å². The lowest BCUT2D eigenvalue weighted by molar-refractivity contribution is 0.626. The van der Waals surface area contributed by atoms with Crippen molar-refractivity contribution in [2.24, 2.45) is 12.5 Å². The van der Waals surface area contributed by atoms with Crippen LogP contribution < -0.4 is 11.1 Å². The number of nitrogens with zero attached hydrogens (tertiary/aromatic N) is 2. The molecule has 0 aliphatic heterocycles. The number of nitrogens with two attached hydrogens (primary N) is 1. The van der Waals surface area contributed by atoms with Gasteiger partial charge in [-0.1, -0.05) is 27.7 Å². The molecule has 1 unspecified atom stereocenters. The first kappa shape index (κ1) is 11.3. The van der Waals surface area contributed by atoms with Crippen molar-refractivity contribution in [1.29, 1.82) is 0 Å². The summed E-state index contributed by atoms with van der Waals surface area (Å²) in [4.78, 5) is 0. The van der Waals surface area contributed by atoms with E-state index in [-0.39, 0.29) is 0 Å². The third kappa shape index (κ3) is 1.77. The van der Waals surface area contributed by atoms with Gasteiger partial charge in [0.2, 0.25) is 0 Å². The van der Waals surface area contributed by atoms with Crippen molar-refractivity contribution in [3.8, 4) is 0 Å². The Bertz CT molecular complexity index is 403. The van der Waals surface area contributed by atoms with E-state index in [9.17, 15) is 0 Å². The average molecular weight is 222 g/mol. The summed E-state index contributed by atoms with van der Waals surface area (Å²) >= 11 is 0. The molecule has 1 aromatic rings. The van der Waals surface area contributed by atoms with Gasteiger partial charge >= 0.3 is 0 Å². The van der Waals surface area contributed by atoms with Gasteiger partial charge in [0.15, 0.2) is 0 Å². The number of nitrogen functional groups attached to an aromatic ring is 1. The first-order chi connectivity index (χ1) is 7.33. The van der Waals surface area contributed by atoms with Crippen molar-refractivity contribution >= 4 is 11.5 Å². The number of aryl methyl sites for hydroxylation is 1. The van der Waals surface area contributed by atoms with Crippen molar-refractivity contribution in [3.05, 3.63) is 5.69 Å². The Kier molecular flexibility index (Phi) is 2.40. The zero-order valence-corrected chi connectivity index (χ0v) is 10.8. The summed E-state index contributed by atoms with van der Waals surface area (Å²) in [5.74, 6) is 1.34. The van der Waals surface area contributed by atoms with Crippen molar-refractivity contribution in [1.82, 2.24) is 9.78 Å². The molecule has 0 aromatic carbocycles. The molecule has 16 heavy (non-hydrogen) atoms. The van der Waals surface area contributed by atoms with E-state index in [2.05, 4.69) is 38.1 Å². The molecule has 4 heteroatoms. The third-order valence-corrected chi connectivity index (χ3v) is 3.48. The molecule has 1 fully saturated rings. The van der Waals surface area contributed by atoms with Crippen molar-refractivity contribution in [3.63, 3.8) is 0 Å². The predicted octanol–water partition coefficient (Wildman–Crippen LogP) is 2.34. The number of rotatable bonds is 3. The second kappa shape index (κ2) is 3.40. The second-order valence-electron chi connectivity index (χ2n) is 5.82. The molecule has 1 atom stereocenters. The highest BCUT2D eigenvalue weighted by molar-refractivity contribution is 5.66. The minimum atomic E-state index is 0.369. The van der Waals surface area contributed by atoms with Crippen LogP contribution in [0.4, 0.5) is 11.5 Å². The van der Waals surface area contributed by atoms with Gasteiger partial charge in [-0.05, 0) is 17.8 Å². The highest BCUT2D eigenvalue weighted by atomic mass is 15.3.